The Morgan fingerprint density at radius 3 is 2.80 bits per heavy atom. The average molecular weight is 275 g/mol. The van der Waals surface area contributed by atoms with Gasteiger partial charge in [-0.1, -0.05) is 26.7 Å². The molecule has 110 valence electrons. The molecule has 2 aromatic rings. The van der Waals surface area contributed by atoms with Crippen LogP contribution in [0.1, 0.15) is 57.7 Å². The maximum atomic E-state index is 6.22. The van der Waals surface area contributed by atoms with Crippen LogP contribution in [0.2, 0.25) is 0 Å². The molecule has 2 atom stereocenters. The fourth-order valence-corrected chi connectivity index (χ4v) is 3.54. The van der Waals surface area contributed by atoms with Crippen molar-refractivity contribution in [2.75, 3.05) is 5.73 Å². The zero-order valence-electron chi connectivity index (χ0n) is 12.8. The summed E-state index contributed by atoms with van der Waals surface area (Å²) in [6.45, 7) is 4.47. The van der Waals surface area contributed by atoms with Gasteiger partial charge in [0.05, 0.1) is 5.69 Å². The fourth-order valence-electron chi connectivity index (χ4n) is 3.54. The normalized spacial score (nSPS) is 24.1. The number of fused-ring (bicyclic) bond motifs is 1. The molecule has 0 aliphatic heterocycles. The van der Waals surface area contributed by atoms with Gasteiger partial charge in [0, 0.05) is 13.1 Å². The number of nitrogens with zero attached hydrogens (tertiary/aromatic N) is 4. The predicted molar refractivity (Wildman–Crippen MR) is 81.6 cm³/mol. The van der Waals surface area contributed by atoms with Crippen molar-refractivity contribution in [1.82, 2.24) is 19.3 Å². The Bertz CT molecular complexity index is 609. The number of nitrogens with two attached hydrogens (primary N) is 1. The molecule has 0 bridgehead atoms. The first-order valence-corrected chi connectivity index (χ1v) is 7.81. The van der Waals surface area contributed by atoms with Gasteiger partial charge in [-0.05, 0) is 31.6 Å². The summed E-state index contributed by atoms with van der Waals surface area (Å²) in [5.74, 6) is 1.49. The highest BCUT2D eigenvalue weighted by atomic mass is 15.4. The van der Waals surface area contributed by atoms with E-state index in [1.165, 1.54) is 32.1 Å². The summed E-state index contributed by atoms with van der Waals surface area (Å²) in [4.78, 5) is 4.59. The second-order valence-electron chi connectivity index (χ2n) is 6.20. The quantitative estimate of drug-likeness (QED) is 0.857. The molecular formula is C15H25N5. The average Bonchev–Trinajstić information content (AvgIpc) is 2.81. The van der Waals surface area contributed by atoms with Crippen LogP contribution in [0.5, 0.6) is 0 Å². The molecular weight excluding hydrogens is 250 g/mol. The van der Waals surface area contributed by atoms with Crippen molar-refractivity contribution in [2.24, 2.45) is 13.0 Å². The second-order valence-corrected chi connectivity index (χ2v) is 6.20. The highest BCUT2D eigenvalue weighted by molar-refractivity contribution is 5.78. The Morgan fingerprint density at radius 1 is 1.25 bits per heavy atom. The number of aryl methyl sites for hydroxylation is 2. The number of anilines is 1. The molecule has 2 aromatic heterocycles. The Balaban J connectivity index is 2.06. The molecule has 1 fully saturated rings. The van der Waals surface area contributed by atoms with E-state index in [4.69, 9.17) is 5.73 Å². The molecule has 1 saturated carbocycles. The van der Waals surface area contributed by atoms with Crippen molar-refractivity contribution in [3.8, 4) is 0 Å². The number of aromatic nitrogens is 4. The standard InChI is InChI=1S/C15H25N5/c1-4-12-13-14(19(3)18-12)20(15(16)17-13)11-7-5-6-10(2)8-9-11/h10-11H,4-9H2,1-3H3,(H2,16,17). The van der Waals surface area contributed by atoms with Gasteiger partial charge in [0.1, 0.15) is 5.52 Å². The van der Waals surface area contributed by atoms with Crippen molar-refractivity contribution in [1.29, 1.82) is 0 Å². The van der Waals surface area contributed by atoms with Gasteiger partial charge in [0.2, 0.25) is 5.95 Å². The second kappa shape index (κ2) is 5.11. The SMILES string of the molecule is CCc1nn(C)c2c1nc(N)n2C1CCCC(C)CC1. The number of hydrogen-bond acceptors (Lipinski definition) is 3. The van der Waals surface area contributed by atoms with Crippen LogP contribution in [0.4, 0.5) is 5.95 Å². The summed E-state index contributed by atoms with van der Waals surface area (Å²) in [7, 11) is 2.00. The monoisotopic (exact) mass is 275 g/mol. The lowest BCUT2D eigenvalue weighted by atomic mass is 10.0. The number of imidazole rings is 1. The zero-order valence-corrected chi connectivity index (χ0v) is 12.8. The molecule has 0 radical (unpaired) electrons. The van der Waals surface area contributed by atoms with Gasteiger partial charge in [0.25, 0.3) is 0 Å². The summed E-state index contributed by atoms with van der Waals surface area (Å²) < 4.78 is 4.19. The van der Waals surface area contributed by atoms with Crippen LogP contribution in [-0.2, 0) is 13.5 Å². The highest BCUT2D eigenvalue weighted by Gasteiger charge is 2.24. The van der Waals surface area contributed by atoms with Gasteiger partial charge >= 0.3 is 0 Å². The van der Waals surface area contributed by atoms with Crippen LogP contribution in [0.3, 0.4) is 0 Å². The molecule has 1 aliphatic carbocycles. The molecule has 0 spiro atoms. The van der Waals surface area contributed by atoms with Crippen molar-refractivity contribution < 1.29 is 0 Å². The van der Waals surface area contributed by atoms with Crippen molar-refractivity contribution in [2.45, 2.75) is 58.4 Å². The molecule has 2 heterocycles. The van der Waals surface area contributed by atoms with E-state index in [9.17, 15) is 0 Å². The topological polar surface area (TPSA) is 61.7 Å². The third-order valence-corrected chi connectivity index (χ3v) is 4.69. The molecule has 1 aliphatic rings. The summed E-state index contributed by atoms with van der Waals surface area (Å²) >= 11 is 0. The first-order valence-electron chi connectivity index (χ1n) is 7.81. The third-order valence-electron chi connectivity index (χ3n) is 4.69. The van der Waals surface area contributed by atoms with Gasteiger partial charge in [-0.15, -0.1) is 0 Å². The molecule has 0 amide bonds. The van der Waals surface area contributed by atoms with Gasteiger partial charge in [0.15, 0.2) is 5.65 Å². The fraction of sp³-hybridized carbons (Fsp3) is 0.733. The van der Waals surface area contributed by atoms with Crippen LogP contribution in [0, 0.1) is 5.92 Å². The largest absolute Gasteiger partial charge is 0.369 e. The van der Waals surface area contributed by atoms with Gasteiger partial charge in [-0.25, -0.2) is 4.98 Å². The first-order chi connectivity index (χ1) is 9.61. The van der Waals surface area contributed by atoms with Crippen LogP contribution >= 0.6 is 0 Å². The maximum Gasteiger partial charge on any atom is 0.202 e. The lowest BCUT2D eigenvalue weighted by molar-refractivity contribution is 0.440. The molecule has 2 N–H and O–H groups in total. The van der Waals surface area contributed by atoms with Crippen molar-refractivity contribution in [3.63, 3.8) is 0 Å². The van der Waals surface area contributed by atoms with Crippen molar-refractivity contribution >= 4 is 17.1 Å². The van der Waals surface area contributed by atoms with E-state index >= 15 is 0 Å². The smallest absolute Gasteiger partial charge is 0.202 e. The summed E-state index contributed by atoms with van der Waals surface area (Å²) in [6, 6.07) is 0.477. The molecule has 5 nitrogen and oxygen atoms in total. The van der Waals surface area contributed by atoms with E-state index in [1.54, 1.807) is 0 Å². The Kier molecular flexibility index (Phi) is 3.44. The third kappa shape index (κ3) is 2.09. The molecule has 3 rings (SSSR count). The van der Waals surface area contributed by atoms with Crippen molar-refractivity contribution in [3.05, 3.63) is 5.69 Å². The van der Waals surface area contributed by atoms with Gasteiger partial charge in [-0.2, -0.15) is 5.10 Å². The first kappa shape index (κ1) is 13.5. The van der Waals surface area contributed by atoms with E-state index in [0.29, 0.717) is 12.0 Å². The summed E-state index contributed by atoms with van der Waals surface area (Å²) in [5.41, 5.74) is 9.36. The van der Waals surface area contributed by atoms with Gasteiger partial charge < -0.3 is 5.73 Å². The lowest BCUT2D eigenvalue weighted by Crippen LogP contribution is -2.13. The maximum absolute atomic E-state index is 6.22. The minimum atomic E-state index is 0.477. The highest BCUT2D eigenvalue weighted by Crippen LogP contribution is 2.34. The molecule has 5 heteroatoms. The molecule has 0 aromatic carbocycles. The van der Waals surface area contributed by atoms with Gasteiger partial charge in [-0.3, -0.25) is 9.25 Å². The molecule has 20 heavy (non-hydrogen) atoms. The minimum Gasteiger partial charge on any atom is -0.369 e. The van der Waals surface area contributed by atoms with E-state index in [1.807, 2.05) is 11.7 Å². The van der Waals surface area contributed by atoms with E-state index in [0.717, 1.165) is 29.2 Å². The lowest BCUT2D eigenvalue weighted by Gasteiger charge is -2.18. The Morgan fingerprint density at radius 2 is 2.05 bits per heavy atom. The minimum absolute atomic E-state index is 0.477. The predicted octanol–water partition coefficient (Wildman–Crippen LogP) is 3.06. The van der Waals surface area contributed by atoms with Crippen LogP contribution < -0.4 is 5.73 Å². The summed E-state index contributed by atoms with van der Waals surface area (Å²) in [5, 5.41) is 4.58. The zero-order chi connectivity index (χ0) is 14.3. The number of hydrogen-bond donors (Lipinski definition) is 1. The van der Waals surface area contributed by atoms with Crippen LogP contribution in [-0.4, -0.2) is 19.3 Å². The van der Waals surface area contributed by atoms with E-state index < -0.39 is 0 Å². The molecule has 2 unspecified atom stereocenters. The van der Waals surface area contributed by atoms with E-state index in [2.05, 4.69) is 28.5 Å². The number of nitrogen functional groups attached to an aromatic ring is 1. The van der Waals surface area contributed by atoms with E-state index in [-0.39, 0.29) is 0 Å². The Hall–Kier alpha value is -1.52. The van der Waals surface area contributed by atoms with Crippen LogP contribution in [0.15, 0.2) is 0 Å². The summed E-state index contributed by atoms with van der Waals surface area (Å²) in [6.07, 6.45) is 7.19. The Labute approximate surface area is 120 Å². The van der Waals surface area contributed by atoms with Crippen LogP contribution in [0.25, 0.3) is 11.2 Å². The molecule has 0 saturated heterocycles. The number of rotatable bonds is 2.